The Hall–Kier alpha value is -1.67. The molecule has 24 heavy (non-hydrogen) atoms. The van der Waals surface area contributed by atoms with Gasteiger partial charge in [-0.2, -0.15) is 0 Å². The smallest absolute Gasteiger partial charge is 0.132 e. The van der Waals surface area contributed by atoms with Crippen LogP contribution in [0.3, 0.4) is 0 Å². The Morgan fingerprint density at radius 3 is 1.50 bits per heavy atom. The van der Waals surface area contributed by atoms with Gasteiger partial charge >= 0.3 is 0 Å². The largest absolute Gasteiger partial charge is 0.494 e. The second-order valence-electron chi connectivity index (χ2n) is 5.55. The number of terminal acetylenes is 1. The Kier molecular flexibility index (Phi) is 6.99. The maximum atomic E-state index is 5.89. The summed E-state index contributed by atoms with van der Waals surface area (Å²) in [6.07, 6.45) is 7.88. The van der Waals surface area contributed by atoms with Crippen molar-refractivity contribution in [3.8, 4) is 23.8 Å². The lowest BCUT2D eigenvalue weighted by atomic mass is 9.92. The maximum Gasteiger partial charge on any atom is 0.132 e. The quantitative estimate of drug-likeness (QED) is 0.307. The Balaban J connectivity index is 2.22. The molecule has 0 heterocycles. The van der Waals surface area contributed by atoms with E-state index in [0.717, 1.165) is 48.7 Å². The molecule has 2 nitrogen and oxygen atoms in total. The summed E-state index contributed by atoms with van der Waals surface area (Å²) in [5, 5.41) is 0. The minimum Gasteiger partial charge on any atom is -0.494 e. The first-order valence-corrected chi connectivity index (χ1v) is 9.35. The van der Waals surface area contributed by atoms with Gasteiger partial charge in [0.15, 0.2) is 0 Å². The first kappa shape index (κ1) is 18.7. The topological polar surface area (TPSA) is 18.5 Å². The highest BCUT2D eigenvalue weighted by Crippen LogP contribution is 2.39. The minimum absolute atomic E-state index is 0.510. The van der Waals surface area contributed by atoms with Crippen molar-refractivity contribution in [2.75, 3.05) is 13.2 Å². The molecule has 0 saturated heterocycles. The van der Waals surface area contributed by atoms with Gasteiger partial charge in [0.25, 0.3) is 0 Å². The molecule has 0 aromatic heterocycles. The number of hydrogen-bond donors (Lipinski definition) is 0. The molecule has 0 spiro atoms. The third-order valence-electron chi connectivity index (χ3n) is 3.65. The molecule has 0 unspecified atom stereocenters. The third kappa shape index (κ3) is 4.45. The van der Waals surface area contributed by atoms with Gasteiger partial charge in [0.2, 0.25) is 0 Å². The molecule has 0 bridgehead atoms. The van der Waals surface area contributed by atoms with E-state index in [-0.39, 0.29) is 0 Å². The molecular formula is C21H23IO2. The Morgan fingerprint density at radius 2 is 1.21 bits per heavy atom. The van der Waals surface area contributed by atoms with Crippen molar-refractivity contribution in [2.24, 2.45) is 0 Å². The molecule has 0 aliphatic carbocycles. The highest BCUT2D eigenvalue weighted by atomic mass is 127. The molecule has 0 amide bonds. The van der Waals surface area contributed by atoms with Crippen LogP contribution in [0.2, 0.25) is 0 Å². The van der Waals surface area contributed by atoms with Crippen LogP contribution in [-0.4, -0.2) is 13.2 Å². The van der Waals surface area contributed by atoms with Crippen LogP contribution in [0, 0.1) is 12.3 Å². The Morgan fingerprint density at radius 1 is 0.833 bits per heavy atom. The van der Waals surface area contributed by atoms with Crippen LogP contribution in [0.25, 0.3) is 0 Å². The zero-order valence-electron chi connectivity index (χ0n) is 14.2. The van der Waals surface area contributed by atoms with E-state index in [4.69, 9.17) is 15.9 Å². The normalized spacial score (nSPS) is 10.9. The highest BCUT2D eigenvalue weighted by molar-refractivity contribution is 14.1. The lowest BCUT2D eigenvalue weighted by molar-refractivity contribution is 0.317. The summed E-state index contributed by atoms with van der Waals surface area (Å²) in [5.74, 6) is 4.69. The number of rotatable bonds is 8. The summed E-state index contributed by atoms with van der Waals surface area (Å²) in [6, 6.07) is 16.1. The van der Waals surface area contributed by atoms with E-state index in [1.807, 2.05) is 48.5 Å². The van der Waals surface area contributed by atoms with Crippen molar-refractivity contribution in [1.29, 1.82) is 0 Å². The van der Waals surface area contributed by atoms with Crippen molar-refractivity contribution in [2.45, 2.75) is 30.1 Å². The molecule has 0 aliphatic heterocycles. The van der Waals surface area contributed by atoms with Crippen LogP contribution in [0.5, 0.6) is 11.5 Å². The summed E-state index contributed by atoms with van der Waals surface area (Å²) in [5.41, 5.74) is 2.13. The van der Waals surface area contributed by atoms with E-state index in [2.05, 4.69) is 42.4 Å². The Bertz CT molecular complexity index is 617. The second kappa shape index (κ2) is 8.98. The van der Waals surface area contributed by atoms with Crippen LogP contribution in [0.15, 0.2) is 48.5 Å². The van der Waals surface area contributed by atoms with Crippen LogP contribution in [0.4, 0.5) is 0 Å². The molecule has 0 N–H and O–H groups in total. The van der Waals surface area contributed by atoms with E-state index in [0.29, 0.717) is 0 Å². The third-order valence-corrected chi connectivity index (χ3v) is 5.21. The van der Waals surface area contributed by atoms with Gasteiger partial charge in [-0.3, -0.25) is 0 Å². The van der Waals surface area contributed by atoms with Crippen molar-refractivity contribution in [1.82, 2.24) is 0 Å². The lowest BCUT2D eigenvalue weighted by Crippen LogP contribution is -2.17. The first-order chi connectivity index (χ1) is 11.6. The zero-order chi connectivity index (χ0) is 17.4. The molecule has 126 valence electrons. The number of alkyl halides is 1. The SMILES string of the molecule is C#CC(I)(c1ccc(OCCC)cc1)c1ccc(OCCC)cc1. The molecular weight excluding hydrogens is 411 g/mol. The van der Waals surface area contributed by atoms with Gasteiger partial charge in [0.05, 0.1) is 13.2 Å². The van der Waals surface area contributed by atoms with Crippen molar-refractivity contribution >= 4 is 22.6 Å². The van der Waals surface area contributed by atoms with Crippen molar-refractivity contribution in [3.63, 3.8) is 0 Å². The fraction of sp³-hybridized carbons (Fsp3) is 0.333. The summed E-state index contributed by atoms with van der Waals surface area (Å²) < 4.78 is 10.8. The van der Waals surface area contributed by atoms with Crippen molar-refractivity contribution < 1.29 is 9.47 Å². The van der Waals surface area contributed by atoms with E-state index >= 15 is 0 Å². The molecule has 2 aromatic rings. The molecule has 3 heteroatoms. The van der Waals surface area contributed by atoms with Gasteiger partial charge in [0.1, 0.15) is 14.9 Å². The molecule has 0 saturated carbocycles. The van der Waals surface area contributed by atoms with E-state index < -0.39 is 3.42 Å². The molecule has 2 aromatic carbocycles. The maximum absolute atomic E-state index is 5.89. The van der Waals surface area contributed by atoms with Crippen LogP contribution in [-0.2, 0) is 3.42 Å². The Labute approximate surface area is 158 Å². The van der Waals surface area contributed by atoms with Crippen molar-refractivity contribution in [3.05, 3.63) is 59.7 Å². The average molecular weight is 434 g/mol. The first-order valence-electron chi connectivity index (χ1n) is 8.27. The van der Waals surface area contributed by atoms with E-state index in [1.165, 1.54) is 0 Å². The predicted molar refractivity (Wildman–Crippen MR) is 108 cm³/mol. The van der Waals surface area contributed by atoms with Gasteiger partial charge < -0.3 is 9.47 Å². The van der Waals surface area contributed by atoms with Crippen LogP contribution < -0.4 is 9.47 Å². The fourth-order valence-corrected chi connectivity index (χ4v) is 3.05. The van der Waals surface area contributed by atoms with Crippen LogP contribution in [0.1, 0.15) is 37.8 Å². The highest BCUT2D eigenvalue weighted by Gasteiger charge is 2.28. The predicted octanol–water partition coefficient (Wildman–Crippen LogP) is 5.58. The lowest BCUT2D eigenvalue weighted by Gasteiger charge is -2.23. The zero-order valence-corrected chi connectivity index (χ0v) is 16.4. The van der Waals surface area contributed by atoms with Gasteiger partial charge in [-0.1, -0.05) is 66.6 Å². The van der Waals surface area contributed by atoms with Gasteiger partial charge in [-0.15, -0.1) is 6.42 Å². The molecule has 0 radical (unpaired) electrons. The number of ether oxygens (including phenoxy) is 2. The van der Waals surface area contributed by atoms with E-state index in [9.17, 15) is 0 Å². The van der Waals surface area contributed by atoms with Crippen LogP contribution >= 0.6 is 22.6 Å². The number of benzene rings is 2. The fourth-order valence-electron chi connectivity index (χ4n) is 2.33. The molecule has 0 atom stereocenters. The number of halogens is 1. The standard InChI is InChI=1S/C21H23IO2/c1-4-15-23-19-11-7-17(8-12-19)21(22,6-3)18-9-13-20(14-10-18)24-16-5-2/h3,7-14H,4-5,15-16H2,1-2H3. The van der Waals surface area contributed by atoms with Gasteiger partial charge in [0, 0.05) is 0 Å². The summed E-state index contributed by atoms with van der Waals surface area (Å²) in [4.78, 5) is 0. The molecule has 2 rings (SSSR count). The minimum atomic E-state index is -0.510. The van der Waals surface area contributed by atoms with Gasteiger partial charge in [-0.25, -0.2) is 0 Å². The second-order valence-corrected chi connectivity index (χ2v) is 7.17. The summed E-state index contributed by atoms with van der Waals surface area (Å²) in [7, 11) is 0. The van der Waals surface area contributed by atoms with Gasteiger partial charge in [-0.05, 0) is 48.2 Å². The number of hydrogen-bond acceptors (Lipinski definition) is 2. The monoisotopic (exact) mass is 434 g/mol. The average Bonchev–Trinajstić information content (AvgIpc) is 2.65. The molecule has 0 fully saturated rings. The summed E-state index contributed by atoms with van der Waals surface area (Å²) >= 11 is 2.33. The molecule has 0 aliphatic rings. The van der Waals surface area contributed by atoms with E-state index in [1.54, 1.807) is 0 Å². The summed E-state index contributed by atoms with van der Waals surface area (Å²) in [6.45, 7) is 5.64.